The van der Waals surface area contributed by atoms with Crippen LogP contribution in [0, 0.1) is 0 Å². The topological polar surface area (TPSA) is 130 Å². The van der Waals surface area contributed by atoms with Gasteiger partial charge in [0.05, 0.1) is 0 Å². The zero-order chi connectivity index (χ0) is 14.5. The van der Waals surface area contributed by atoms with Crippen molar-refractivity contribution in [1.82, 2.24) is 9.03 Å². The molecule has 0 aromatic rings. The Kier molecular flexibility index (Phi) is 5.70. The Morgan fingerprint density at radius 2 is 1.84 bits per heavy atom. The highest BCUT2D eigenvalue weighted by atomic mass is 32.2. The van der Waals surface area contributed by atoms with Gasteiger partial charge in [0.1, 0.15) is 6.04 Å². The van der Waals surface area contributed by atoms with Crippen LogP contribution in [0.5, 0.6) is 0 Å². The van der Waals surface area contributed by atoms with Crippen LogP contribution >= 0.6 is 0 Å². The molecule has 1 rings (SSSR count). The van der Waals surface area contributed by atoms with Crippen LogP contribution in [0.4, 0.5) is 0 Å². The van der Waals surface area contributed by atoms with Crippen molar-refractivity contribution < 1.29 is 23.1 Å². The summed E-state index contributed by atoms with van der Waals surface area (Å²) >= 11 is 0. The lowest BCUT2D eigenvalue weighted by molar-refractivity contribution is -0.139. The first kappa shape index (κ1) is 15.9. The number of piperidine rings is 1. The molecule has 4 N–H and O–H groups in total. The van der Waals surface area contributed by atoms with Crippen molar-refractivity contribution in [2.75, 3.05) is 13.1 Å². The molecule has 110 valence electrons. The van der Waals surface area contributed by atoms with Crippen molar-refractivity contribution in [1.29, 1.82) is 0 Å². The highest BCUT2D eigenvalue weighted by molar-refractivity contribution is 7.87. The number of rotatable bonds is 7. The highest BCUT2D eigenvalue weighted by Crippen LogP contribution is 2.13. The lowest BCUT2D eigenvalue weighted by Gasteiger charge is -2.27. The van der Waals surface area contributed by atoms with Crippen molar-refractivity contribution in [3.05, 3.63) is 0 Å². The predicted octanol–water partition coefficient (Wildman–Crippen LogP) is -0.975. The third kappa shape index (κ3) is 5.13. The second kappa shape index (κ2) is 6.83. The third-order valence-corrected chi connectivity index (χ3v) is 4.55. The van der Waals surface area contributed by atoms with Gasteiger partial charge in [0, 0.05) is 19.5 Å². The number of aliphatic carboxylic acids is 1. The number of carboxylic acids is 1. The average Bonchev–Trinajstić information content (AvgIpc) is 2.35. The number of carboxylic acid groups (broad SMARTS) is 1. The summed E-state index contributed by atoms with van der Waals surface area (Å²) in [7, 11) is -3.83. The highest BCUT2D eigenvalue weighted by Gasteiger charge is 2.29. The summed E-state index contributed by atoms with van der Waals surface area (Å²) in [5.41, 5.74) is 4.93. The van der Waals surface area contributed by atoms with E-state index in [-0.39, 0.29) is 12.8 Å². The number of nitrogens with two attached hydrogens (primary N) is 1. The summed E-state index contributed by atoms with van der Waals surface area (Å²) in [4.78, 5) is 21.6. The molecule has 0 radical (unpaired) electrons. The van der Waals surface area contributed by atoms with Crippen molar-refractivity contribution in [2.45, 2.75) is 38.1 Å². The second-order valence-electron chi connectivity index (χ2n) is 4.48. The fourth-order valence-electron chi connectivity index (χ4n) is 1.88. The summed E-state index contributed by atoms with van der Waals surface area (Å²) in [5, 5.41) is 8.95. The fraction of sp³-hybridized carbons (Fsp3) is 0.800. The molecule has 1 heterocycles. The van der Waals surface area contributed by atoms with Crippen molar-refractivity contribution in [3.8, 4) is 0 Å². The number of carbonyl (C=O) groups is 2. The maximum Gasteiger partial charge on any atom is 0.321 e. The molecule has 0 aliphatic carbocycles. The Labute approximate surface area is 112 Å². The number of nitrogens with one attached hydrogen (secondary N) is 1. The lowest BCUT2D eigenvalue weighted by atomic mass is 10.2. The van der Waals surface area contributed by atoms with Gasteiger partial charge in [-0.2, -0.15) is 17.4 Å². The van der Waals surface area contributed by atoms with Crippen LogP contribution in [-0.4, -0.2) is 48.8 Å². The Balaban J connectivity index is 2.65. The summed E-state index contributed by atoms with van der Waals surface area (Å²) in [6.07, 6.45) is 2.16. The maximum atomic E-state index is 12.0. The number of primary amides is 1. The Bertz CT molecular complexity index is 430. The monoisotopic (exact) mass is 293 g/mol. The fourth-order valence-corrected chi connectivity index (χ4v) is 3.35. The molecule has 1 aliphatic heterocycles. The molecule has 1 amide bonds. The molecular formula is C10H19N3O5S. The van der Waals surface area contributed by atoms with Gasteiger partial charge < -0.3 is 10.8 Å². The van der Waals surface area contributed by atoms with Gasteiger partial charge in [-0.3, -0.25) is 9.59 Å². The molecule has 0 aromatic carbocycles. The van der Waals surface area contributed by atoms with Gasteiger partial charge in [0.2, 0.25) is 5.91 Å². The first-order valence-corrected chi connectivity index (χ1v) is 7.55. The molecule has 8 nitrogen and oxygen atoms in total. The van der Waals surface area contributed by atoms with E-state index in [9.17, 15) is 18.0 Å². The van der Waals surface area contributed by atoms with E-state index in [0.717, 1.165) is 19.3 Å². The van der Waals surface area contributed by atoms with E-state index in [1.54, 1.807) is 0 Å². The molecule has 0 spiro atoms. The molecule has 0 aromatic heterocycles. The minimum atomic E-state index is -3.83. The van der Waals surface area contributed by atoms with Gasteiger partial charge in [0.15, 0.2) is 0 Å². The molecule has 0 unspecified atom stereocenters. The van der Waals surface area contributed by atoms with Crippen molar-refractivity contribution in [3.63, 3.8) is 0 Å². The minimum absolute atomic E-state index is 0.155. The smallest absolute Gasteiger partial charge is 0.321 e. The standard InChI is InChI=1S/C10H19N3O5S/c11-9(14)5-4-8(10(15)16)12-19(17,18)13-6-2-1-3-7-13/h8,12H,1-7H2,(H2,11,14)(H,15,16)/t8-/m1/s1. The van der Waals surface area contributed by atoms with Gasteiger partial charge in [-0.1, -0.05) is 6.42 Å². The van der Waals surface area contributed by atoms with Gasteiger partial charge in [-0.15, -0.1) is 0 Å². The van der Waals surface area contributed by atoms with E-state index in [2.05, 4.69) is 4.72 Å². The predicted molar refractivity (Wildman–Crippen MR) is 67.3 cm³/mol. The van der Waals surface area contributed by atoms with E-state index in [1.165, 1.54) is 4.31 Å². The summed E-state index contributed by atoms with van der Waals surface area (Å²) in [6, 6.07) is -1.33. The van der Waals surface area contributed by atoms with Crippen LogP contribution in [0.15, 0.2) is 0 Å². The van der Waals surface area contributed by atoms with Gasteiger partial charge in [-0.05, 0) is 19.3 Å². The summed E-state index contributed by atoms with van der Waals surface area (Å²) in [5.74, 6) is -1.98. The largest absolute Gasteiger partial charge is 0.480 e. The number of hydrogen-bond acceptors (Lipinski definition) is 4. The lowest BCUT2D eigenvalue weighted by Crippen LogP contribution is -2.49. The zero-order valence-electron chi connectivity index (χ0n) is 10.5. The van der Waals surface area contributed by atoms with Crippen LogP contribution < -0.4 is 10.5 Å². The maximum absolute atomic E-state index is 12.0. The van der Waals surface area contributed by atoms with E-state index in [1.807, 2.05) is 0 Å². The third-order valence-electron chi connectivity index (χ3n) is 2.92. The summed E-state index contributed by atoms with van der Waals surface area (Å²) in [6.45, 7) is 0.773. The molecule has 1 saturated heterocycles. The Morgan fingerprint density at radius 1 is 1.26 bits per heavy atom. The van der Waals surface area contributed by atoms with Crippen LogP contribution in [0.25, 0.3) is 0 Å². The zero-order valence-corrected chi connectivity index (χ0v) is 11.4. The molecule has 19 heavy (non-hydrogen) atoms. The average molecular weight is 293 g/mol. The van der Waals surface area contributed by atoms with Crippen LogP contribution in [0.1, 0.15) is 32.1 Å². The van der Waals surface area contributed by atoms with E-state index in [4.69, 9.17) is 10.8 Å². The van der Waals surface area contributed by atoms with Crippen molar-refractivity contribution in [2.24, 2.45) is 5.73 Å². The number of carbonyl (C=O) groups excluding carboxylic acids is 1. The summed E-state index contributed by atoms with van der Waals surface area (Å²) < 4.78 is 27.3. The normalized spacial score (nSPS) is 18.9. The molecule has 9 heteroatoms. The molecule has 1 aliphatic rings. The molecule has 1 fully saturated rings. The van der Waals surface area contributed by atoms with Gasteiger partial charge in [0.25, 0.3) is 10.2 Å². The second-order valence-corrected chi connectivity index (χ2v) is 6.18. The molecule has 1 atom stereocenters. The van der Waals surface area contributed by atoms with E-state index < -0.39 is 28.1 Å². The van der Waals surface area contributed by atoms with E-state index in [0.29, 0.717) is 13.1 Å². The van der Waals surface area contributed by atoms with Crippen LogP contribution in [0.2, 0.25) is 0 Å². The van der Waals surface area contributed by atoms with Crippen molar-refractivity contribution >= 4 is 22.1 Å². The van der Waals surface area contributed by atoms with E-state index >= 15 is 0 Å². The first-order valence-electron chi connectivity index (χ1n) is 6.11. The number of nitrogens with zero attached hydrogens (tertiary/aromatic N) is 1. The SMILES string of the molecule is NC(=O)CC[C@@H](NS(=O)(=O)N1CCCCC1)C(=O)O. The number of amides is 1. The molecule has 0 bridgehead atoms. The van der Waals surface area contributed by atoms with Crippen LogP contribution in [0.3, 0.4) is 0 Å². The minimum Gasteiger partial charge on any atom is -0.480 e. The quantitative estimate of drug-likeness (QED) is 0.556. The van der Waals surface area contributed by atoms with Gasteiger partial charge in [-0.25, -0.2) is 0 Å². The Morgan fingerprint density at radius 3 is 2.32 bits per heavy atom. The Hall–Kier alpha value is -1.19. The van der Waals surface area contributed by atoms with Crippen LogP contribution in [-0.2, 0) is 19.8 Å². The van der Waals surface area contributed by atoms with Gasteiger partial charge >= 0.3 is 5.97 Å². The molecule has 0 saturated carbocycles. The molecular weight excluding hydrogens is 274 g/mol. The first-order chi connectivity index (χ1) is 8.83. The number of hydrogen-bond donors (Lipinski definition) is 3.